The number of hydrogen-bond donors (Lipinski definition) is 2. The molecule has 2 saturated heterocycles. The summed E-state index contributed by atoms with van der Waals surface area (Å²) in [7, 11) is 0. The number of carbonyl (C=O) groups excluding carboxylic acids is 2. The molecule has 2 aliphatic heterocycles. The van der Waals surface area contributed by atoms with Crippen molar-refractivity contribution in [1.29, 1.82) is 0 Å². The van der Waals surface area contributed by atoms with Crippen molar-refractivity contribution in [1.82, 2.24) is 15.5 Å². The van der Waals surface area contributed by atoms with Crippen LogP contribution in [0.3, 0.4) is 0 Å². The van der Waals surface area contributed by atoms with E-state index in [2.05, 4.69) is 10.6 Å². The minimum Gasteiger partial charge on any atom is -0.353 e. The molecule has 1 saturated carbocycles. The molecular formula is C15H26ClN3O2. The van der Waals surface area contributed by atoms with Crippen molar-refractivity contribution >= 4 is 24.2 Å². The molecule has 6 heteroatoms. The van der Waals surface area contributed by atoms with Gasteiger partial charge in [-0.05, 0) is 45.1 Å². The largest absolute Gasteiger partial charge is 0.353 e. The summed E-state index contributed by atoms with van der Waals surface area (Å²) in [6.45, 7) is 2.53. The zero-order valence-corrected chi connectivity index (χ0v) is 13.3. The summed E-state index contributed by atoms with van der Waals surface area (Å²) in [5.74, 6) is 0.765. The van der Waals surface area contributed by atoms with Gasteiger partial charge in [0.05, 0.1) is 6.04 Å². The van der Waals surface area contributed by atoms with Gasteiger partial charge >= 0.3 is 0 Å². The molecule has 2 heterocycles. The molecule has 0 aromatic carbocycles. The third kappa shape index (κ3) is 4.33. The predicted molar refractivity (Wildman–Crippen MR) is 83.4 cm³/mol. The third-order valence-electron chi connectivity index (χ3n) is 4.71. The quantitative estimate of drug-likeness (QED) is 0.819. The van der Waals surface area contributed by atoms with Gasteiger partial charge in [0.1, 0.15) is 0 Å². The van der Waals surface area contributed by atoms with E-state index in [1.807, 2.05) is 4.90 Å². The van der Waals surface area contributed by atoms with Crippen LogP contribution in [-0.2, 0) is 9.59 Å². The van der Waals surface area contributed by atoms with Gasteiger partial charge in [0, 0.05) is 25.0 Å². The first-order chi connectivity index (χ1) is 9.74. The number of rotatable bonds is 3. The second-order valence-corrected chi connectivity index (χ2v) is 6.38. The predicted octanol–water partition coefficient (Wildman–Crippen LogP) is 1.07. The summed E-state index contributed by atoms with van der Waals surface area (Å²) < 4.78 is 0. The van der Waals surface area contributed by atoms with Gasteiger partial charge in [-0.1, -0.05) is 6.42 Å². The van der Waals surface area contributed by atoms with Crippen LogP contribution < -0.4 is 10.6 Å². The van der Waals surface area contributed by atoms with Gasteiger partial charge < -0.3 is 15.5 Å². The van der Waals surface area contributed by atoms with E-state index >= 15 is 0 Å². The molecule has 1 unspecified atom stereocenters. The fourth-order valence-corrected chi connectivity index (χ4v) is 3.19. The highest BCUT2D eigenvalue weighted by Crippen LogP contribution is 2.29. The molecule has 0 spiro atoms. The van der Waals surface area contributed by atoms with Gasteiger partial charge in [-0.15, -0.1) is 12.4 Å². The zero-order valence-electron chi connectivity index (χ0n) is 12.5. The van der Waals surface area contributed by atoms with Crippen molar-refractivity contribution < 1.29 is 9.59 Å². The normalized spacial score (nSPS) is 26.9. The highest BCUT2D eigenvalue weighted by atomic mass is 35.5. The van der Waals surface area contributed by atoms with Crippen LogP contribution in [0.15, 0.2) is 0 Å². The standard InChI is InChI=1S/C15H25N3O2.ClH/c19-14(11-4-5-11)17-12-6-9-18(10-7-12)15(20)13-3-1-2-8-16-13;/h11-13,16H,1-10H2,(H,17,19);1H. The maximum Gasteiger partial charge on any atom is 0.239 e. The van der Waals surface area contributed by atoms with Gasteiger partial charge in [0.2, 0.25) is 11.8 Å². The molecule has 0 aromatic heterocycles. The topological polar surface area (TPSA) is 61.4 Å². The number of halogens is 1. The van der Waals surface area contributed by atoms with Crippen LogP contribution in [0, 0.1) is 5.92 Å². The highest BCUT2D eigenvalue weighted by molar-refractivity contribution is 5.85. The second kappa shape index (κ2) is 7.45. The molecular weight excluding hydrogens is 290 g/mol. The summed E-state index contributed by atoms with van der Waals surface area (Å²) in [6.07, 6.45) is 7.20. The third-order valence-corrected chi connectivity index (χ3v) is 4.71. The lowest BCUT2D eigenvalue weighted by Gasteiger charge is -2.35. The Morgan fingerprint density at radius 1 is 1.00 bits per heavy atom. The zero-order chi connectivity index (χ0) is 13.9. The first-order valence-electron chi connectivity index (χ1n) is 8.06. The van der Waals surface area contributed by atoms with E-state index in [0.717, 1.165) is 58.2 Å². The van der Waals surface area contributed by atoms with Crippen LogP contribution in [-0.4, -0.2) is 48.4 Å². The second-order valence-electron chi connectivity index (χ2n) is 6.38. The van der Waals surface area contributed by atoms with Crippen molar-refractivity contribution in [3.05, 3.63) is 0 Å². The number of carbonyl (C=O) groups is 2. The van der Waals surface area contributed by atoms with Crippen LogP contribution in [0.5, 0.6) is 0 Å². The van der Waals surface area contributed by atoms with Crippen LogP contribution in [0.1, 0.15) is 44.9 Å². The van der Waals surface area contributed by atoms with Crippen molar-refractivity contribution in [2.24, 2.45) is 5.92 Å². The Morgan fingerprint density at radius 3 is 2.29 bits per heavy atom. The van der Waals surface area contributed by atoms with Crippen LogP contribution in [0.2, 0.25) is 0 Å². The smallest absolute Gasteiger partial charge is 0.239 e. The lowest BCUT2D eigenvalue weighted by Crippen LogP contribution is -2.53. The molecule has 120 valence electrons. The van der Waals surface area contributed by atoms with E-state index in [4.69, 9.17) is 0 Å². The molecule has 1 aliphatic carbocycles. The number of piperidine rings is 2. The molecule has 1 atom stereocenters. The Labute approximate surface area is 132 Å². The average molecular weight is 316 g/mol. The minimum absolute atomic E-state index is 0. The van der Waals surface area contributed by atoms with Crippen molar-refractivity contribution in [2.45, 2.75) is 57.0 Å². The maximum atomic E-state index is 12.4. The van der Waals surface area contributed by atoms with E-state index in [9.17, 15) is 9.59 Å². The summed E-state index contributed by atoms with van der Waals surface area (Å²) >= 11 is 0. The number of nitrogens with one attached hydrogen (secondary N) is 2. The Kier molecular flexibility index (Phi) is 5.88. The van der Waals surface area contributed by atoms with Gasteiger partial charge in [-0.25, -0.2) is 0 Å². The Morgan fingerprint density at radius 2 is 1.71 bits per heavy atom. The molecule has 21 heavy (non-hydrogen) atoms. The number of hydrogen-bond acceptors (Lipinski definition) is 3. The SMILES string of the molecule is Cl.O=C(NC1CCN(C(=O)C2CCCCN2)CC1)C1CC1. The molecule has 3 rings (SSSR count). The Hall–Kier alpha value is -0.810. The molecule has 5 nitrogen and oxygen atoms in total. The lowest BCUT2D eigenvalue weighted by molar-refractivity contribution is -0.135. The fourth-order valence-electron chi connectivity index (χ4n) is 3.19. The van der Waals surface area contributed by atoms with E-state index in [0.29, 0.717) is 0 Å². The van der Waals surface area contributed by atoms with Gasteiger partial charge in [-0.2, -0.15) is 0 Å². The number of amides is 2. The molecule has 3 fully saturated rings. The van der Waals surface area contributed by atoms with E-state index < -0.39 is 0 Å². The number of nitrogens with zero attached hydrogens (tertiary/aromatic N) is 1. The highest BCUT2D eigenvalue weighted by Gasteiger charge is 2.33. The molecule has 3 aliphatic rings. The van der Waals surface area contributed by atoms with Crippen molar-refractivity contribution in [2.75, 3.05) is 19.6 Å². The summed E-state index contributed by atoms with van der Waals surface area (Å²) in [4.78, 5) is 26.1. The average Bonchev–Trinajstić information content (AvgIpc) is 3.33. The van der Waals surface area contributed by atoms with Gasteiger partial charge in [-0.3, -0.25) is 9.59 Å². The molecule has 0 aromatic rings. The van der Waals surface area contributed by atoms with E-state index in [1.165, 1.54) is 6.42 Å². The fraction of sp³-hybridized carbons (Fsp3) is 0.867. The first kappa shape index (κ1) is 16.6. The van der Waals surface area contributed by atoms with Gasteiger partial charge in [0.15, 0.2) is 0 Å². The molecule has 0 radical (unpaired) electrons. The summed E-state index contributed by atoms with van der Waals surface area (Å²) in [5, 5.41) is 6.45. The molecule has 2 N–H and O–H groups in total. The molecule has 0 bridgehead atoms. The van der Waals surface area contributed by atoms with Crippen molar-refractivity contribution in [3.63, 3.8) is 0 Å². The van der Waals surface area contributed by atoms with Crippen LogP contribution in [0.25, 0.3) is 0 Å². The van der Waals surface area contributed by atoms with E-state index in [-0.39, 0.29) is 42.2 Å². The summed E-state index contributed by atoms with van der Waals surface area (Å²) in [6, 6.07) is 0.299. The maximum absolute atomic E-state index is 12.4. The Balaban J connectivity index is 0.00000161. The van der Waals surface area contributed by atoms with E-state index in [1.54, 1.807) is 0 Å². The monoisotopic (exact) mass is 315 g/mol. The number of likely N-dealkylation sites (tertiary alicyclic amines) is 1. The summed E-state index contributed by atoms with van der Waals surface area (Å²) in [5.41, 5.74) is 0. The Bertz CT molecular complexity index is 373. The van der Waals surface area contributed by atoms with Crippen LogP contribution >= 0.6 is 12.4 Å². The van der Waals surface area contributed by atoms with Gasteiger partial charge in [0.25, 0.3) is 0 Å². The minimum atomic E-state index is 0. The molecule has 2 amide bonds. The lowest BCUT2D eigenvalue weighted by atomic mass is 10.0. The first-order valence-corrected chi connectivity index (χ1v) is 8.06. The van der Waals surface area contributed by atoms with Crippen molar-refractivity contribution in [3.8, 4) is 0 Å². The van der Waals surface area contributed by atoms with Crippen LogP contribution in [0.4, 0.5) is 0 Å².